The summed E-state index contributed by atoms with van der Waals surface area (Å²) in [5.74, 6) is 0. The molecule has 20 heavy (non-hydrogen) atoms. The van der Waals surface area contributed by atoms with Gasteiger partial charge in [-0.15, -0.1) is 0 Å². The van der Waals surface area contributed by atoms with Crippen LogP contribution in [-0.2, 0) is 16.5 Å². The molecule has 0 saturated carbocycles. The standard InChI is InChI=1S/C14H21ClO3S.FH/c1-2-3-4-5-6-7-9-12-10-8-11-13(15)14(12)19(16,17)18;/h8,10-11H,2-7,9H2,1H3,(H,16,17,18);1H. The number of benzene rings is 1. The second kappa shape index (κ2) is 9.32. The molecular weight excluding hydrogens is 303 g/mol. The molecule has 0 bridgehead atoms. The third-order valence-corrected chi connectivity index (χ3v) is 4.53. The van der Waals surface area contributed by atoms with Crippen molar-refractivity contribution in [2.24, 2.45) is 0 Å². The Hall–Kier alpha value is -0.650. The highest BCUT2D eigenvalue weighted by Gasteiger charge is 2.18. The maximum absolute atomic E-state index is 11.3. The minimum atomic E-state index is -4.25. The second-order valence-electron chi connectivity index (χ2n) is 4.72. The zero-order valence-corrected chi connectivity index (χ0v) is 13.2. The van der Waals surface area contributed by atoms with E-state index >= 15 is 0 Å². The van der Waals surface area contributed by atoms with E-state index in [0.717, 1.165) is 19.3 Å². The maximum Gasteiger partial charge on any atom is 0.296 e. The highest BCUT2D eigenvalue weighted by atomic mass is 35.5. The van der Waals surface area contributed by atoms with Gasteiger partial charge in [0, 0.05) is 0 Å². The van der Waals surface area contributed by atoms with Crippen LogP contribution in [0.5, 0.6) is 0 Å². The van der Waals surface area contributed by atoms with Gasteiger partial charge in [0.25, 0.3) is 10.1 Å². The molecule has 116 valence electrons. The number of aryl methyl sites for hydroxylation is 1. The molecule has 6 heteroatoms. The van der Waals surface area contributed by atoms with Gasteiger partial charge in [0.05, 0.1) is 5.02 Å². The first-order valence-corrected chi connectivity index (χ1v) is 8.53. The van der Waals surface area contributed by atoms with Crippen LogP contribution in [0.1, 0.15) is 51.0 Å². The second-order valence-corrected chi connectivity index (χ2v) is 6.49. The van der Waals surface area contributed by atoms with E-state index in [-0.39, 0.29) is 14.6 Å². The van der Waals surface area contributed by atoms with Crippen LogP contribution in [0.15, 0.2) is 23.1 Å². The van der Waals surface area contributed by atoms with E-state index in [1.54, 1.807) is 12.1 Å². The summed E-state index contributed by atoms with van der Waals surface area (Å²) in [5, 5.41) is 0.0889. The van der Waals surface area contributed by atoms with Gasteiger partial charge in [-0.1, -0.05) is 62.8 Å². The molecular formula is C14H22ClFO3S. The van der Waals surface area contributed by atoms with Gasteiger partial charge < -0.3 is 0 Å². The number of rotatable bonds is 8. The van der Waals surface area contributed by atoms with Gasteiger partial charge >= 0.3 is 0 Å². The Morgan fingerprint density at radius 2 is 1.70 bits per heavy atom. The average molecular weight is 325 g/mol. The summed E-state index contributed by atoms with van der Waals surface area (Å²) in [6.45, 7) is 2.17. The molecule has 1 aromatic rings. The van der Waals surface area contributed by atoms with Gasteiger partial charge in [-0.25, -0.2) is 0 Å². The quantitative estimate of drug-likeness (QED) is 0.559. The van der Waals surface area contributed by atoms with Crippen LogP contribution in [-0.4, -0.2) is 13.0 Å². The smallest absolute Gasteiger partial charge is 0.282 e. The molecule has 0 saturated heterocycles. The fourth-order valence-corrected chi connectivity index (χ4v) is 3.44. The highest BCUT2D eigenvalue weighted by Crippen LogP contribution is 2.26. The van der Waals surface area contributed by atoms with E-state index in [1.165, 1.54) is 25.3 Å². The highest BCUT2D eigenvalue weighted by molar-refractivity contribution is 7.86. The average Bonchev–Trinajstić information content (AvgIpc) is 2.32. The van der Waals surface area contributed by atoms with Gasteiger partial charge in [-0.2, -0.15) is 8.42 Å². The summed E-state index contributed by atoms with van der Waals surface area (Å²) in [4.78, 5) is -0.134. The molecule has 0 fully saturated rings. The molecule has 0 spiro atoms. The van der Waals surface area contributed by atoms with Crippen LogP contribution in [0.2, 0.25) is 5.02 Å². The van der Waals surface area contributed by atoms with Crippen LogP contribution in [0, 0.1) is 0 Å². The molecule has 0 radical (unpaired) electrons. The number of unbranched alkanes of at least 4 members (excludes halogenated alkanes) is 5. The minimum absolute atomic E-state index is 0. The van der Waals surface area contributed by atoms with Crippen LogP contribution < -0.4 is 0 Å². The Morgan fingerprint density at radius 1 is 1.10 bits per heavy atom. The first-order valence-electron chi connectivity index (χ1n) is 6.71. The SMILES string of the molecule is CCCCCCCCc1cccc(Cl)c1S(=O)(=O)O.F. The zero-order chi connectivity index (χ0) is 14.3. The first kappa shape index (κ1) is 19.4. The van der Waals surface area contributed by atoms with Gasteiger partial charge in [0.1, 0.15) is 4.90 Å². The largest absolute Gasteiger partial charge is 0.296 e. The van der Waals surface area contributed by atoms with E-state index in [9.17, 15) is 13.0 Å². The van der Waals surface area contributed by atoms with Crippen molar-refractivity contribution in [3.05, 3.63) is 28.8 Å². The van der Waals surface area contributed by atoms with Crippen LogP contribution in [0.3, 0.4) is 0 Å². The summed E-state index contributed by atoms with van der Waals surface area (Å²) < 4.78 is 31.9. The summed E-state index contributed by atoms with van der Waals surface area (Å²) in [7, 11) is -4.25. The lowest BCUT2D eigenvalue weighted by atomic mass is 10.0. The fraction of sp³-hybridized carbons (Fsp3) is 0.571. The normalized spacial score (nSPS) is 11.2. The van der Waals surface area contributed by atoms with Gasteiger partial charge in [0.15, 0.2) is 0 Å². The van der Waals surface area contributed by atoms with Crippen LogP contribution in [0.4, 0.5) is 4.70 Å². The molecule has 0 heterocycles. The monoisotopic (exact) mass is 324 g/mol. The van der Waals surface area contributed by atoms with Crippen molar-refractivity contribution in [1.29, 1.82) is 0 Å². The van der Waals surface area contributed by atoms with Crippen LogP contribution in [0.25, 0.3) is 0 Å². The van der Waals surface area contributed by atoms with E-state index in [0.29, 0.717) is 12.0 Å². The van der Waals surface area contributed by atoms with Crippen molar-refractivity contribution in [2.45, 2.75) is 56.8 Å². The predicted molar refractivity (Wildman–Crippen MR) is 80.8 cm³/mol. The summed E-state index contributed by atoms with van der Waals surface area (Å²) in [5.41, 5.74) is 0.602. The Labute approximate surface area is 125 Å². The van der Waals surface area contributed by atoms with E-state index in [2.05, 4.69) is 6.92 Å². The lowest BCUT2D eigenvalue weighted by Gasteiger charge is -2.08. The molecule has 0 atom stereocenters. The third kappa shape index (κ3) is 6.20. The molecule has 0 aliphatic carbocycles. The lowest BCUT2D eigenvalue weighted by Crippen LogP contribution is -2.04. The summed E-state index contributed by atoms with van der Waals surface area (Å²) in [6, 6.07) is 4.90. The number of hydrogen-bond acceptors (Lipinski definition) is 2. The van der Waals surface area contributed by atoms with Crippen molar-refractivity contribution in [1.82, 2.24) is 0 Å². The maximum atomic E-state index is 11.3. The Bertz CT molecular complexity index is 503. The van der Waals surface area contributed by atoms with Crippen molar-refractivity contribution >= 4 is 21.7 Å². The minimum Gasteiger partial charge on any atom is -0.282 e. The lowest BCUT2D eigenvalue weighted by molar-refractivity contribution is 0.481. The molecule has 0 amide bonds. The molecule has 0 aliphatic rings. The molecule has 1 rings (SSSR count). The van der Waals surface area contributed by atoms with E-state index in [4.69, 9.17) is 11.6 Å². The third-order valence-electron chi connectivity index (χ3n) is 3.11. The fourth-order valence-electron chi connectivity index (χ4n) is 2.14. The van der Waals surface area contributed by atoms with Gasteiger partial charge in [-0.3, -0.25) is 9.26 Å². The molecule has 1 N–H and O–H groups in total. The van der Waals surface area contributed by atoms with E-state index in [1.807, 2.05) is 0 Å². The van der Waals surface area contributed by atoms with Gasteiger partial charge in [0.2, 0.25) is 0 Å². The zero-order valence-electron chi connectivity index (χ0n) is 11.6. The number of hydrogen-bond donors (Lipinski definition) is 1. The first-order chi connectivity index (χ1) is 8.96. The molecule has 3 nitrogen and oxygen atoms in total. The summed E-state index contributed by atoms with van der Waals surface area (Å²) >= 11 is 5.86. The molecule has 0 unspecified atom stereocenters. The van der Waals surface area contributed by atoms with Crippen molar-refractivity contribution in [2.75, 3.05) is 0 Å². The topological polar surface area (TPSA) is 54.4 Å². The Balaban J connectivity index is 0.00000361. The molecule has 0 aromatic heterocycles. The van der Waals surface area contributed by atoms with E-state index < -0.39 is 10.1 Å². The Morgan fingerprint density at radius 3 is 2.30 bits per heavy atom. The van der Waals surface area contributed by atoms with Gasteiger partial charge in [-0.05, 0) is 24.5 Å². The molecule has 1 aromatic carbocycles. The predicted octanol–water partition coefficient (Wildman–Crippen LogP) is 4.64. The number of halogens is 2. The summed E-state index contributed by atoms with van der Waals surface area (Å²) in [6.07, 6.45) is 7.44. The van der Waals surface area contributed by atoms with Crippen molar-refractivity contribution in [3.8, 4) is 0 Å². The van der Waals surface area contributed by atoms with Crippen LogP contribution >= 0.6 is 11.6 Å². The molecule has 0 aliphatic heterocycles. The Kier molecular flexibility index (Phi) is 9.01. The van der Waals surface area contributed by atoms with Crippen molar-refractivity contribution in [3.63, 3.8) is 0 Å². The van der Waals surface area contributed by atoms with Crippen molar-refractivity contribution < 1.29 is 17.7 Å².